The number of rotatable bonds is 3. The van der Waals surface area contributed by atoms with Gasteiger partial charge in [-0.25, -0.2) is 0 Å². The molecule has 98 valence electrons. The summed E-state index contributed by atoms with van der Waals surface area (Å²) in [6.07, 6.45) is 9.51. The summed E-state index contributed by atoms with van der Waals surface area (Å²) in [6, 6.07) is 9.66. The molecule has 0 spiro atoms. The molecule has 3 rings (SSSR count). The van der Waals surface area contributed by atoms with E-state index in [0.29, 0.717) is 11.5 Å². The van der Waals surface area contributed by atoms with Gasteiger partial charge in [0.05, 0.1) is 0 Å². The zero-order valence-corrected chi connectivity index (χ0v) is 11.5. The van der Waals surface area contributed by atoms with Gasteiger partial charge in [0.1, 0.15) is 0 Å². The predicted octanol–water partition coefficient (Wildman–Crippen LogP) is 3.71. The molecule has 1 nitrogen and oxygen atoms in total. The second-order valence-corrected chi connectivity index (χ2v) is 6.61. The first kappa shape index (κ1) is 12.2. The molecule has 0 aromatic heterocycles. The van der Waals surface area contributed by atoms with E-state index in [1.807, 2.05) is 0 Å². The highest BCUT2D eigenvalue weighted by Gasteiger charge is 2.29. The van der Waals surface area contributed by atoms with E-state index in [9.17, 15) is 0 Å². The Bertz CT molecular complexity index is 404. The molecule has 2 aliphatic rings. The maximum absolute atomic E-state index is 3.84. The Labute approximate surface area is 111 Å². The molecule has 1 unspecified atom stereocenters. The smallest absolute Gasteiger partial charge is 0.0111 e. The lowest BCUT2D eigenvalue weighted by atomic mass is 9.85. The quantitative estimate of drug-likeness (QED) is 0.853. The van der Waals surface area contributed by atoms with Crippen LogP contribution in [0, 0.1) is 5.41 Å². The highest BCUT2D eigenvalue weighted by molar-refractivity contribution is 5.30. The van der Waals surface area contributed by atoms with Crippen molar-refractivity contribution in [2.24, 2.45) is 5.41 Å². The Hall–Kier alpha value is -0.820. The van der Waals surface area contributed by atoms with Crippen LogP contribution in [0.2, 0.25) is 0 Å². The molecular formula is C17H25N. The molecule has 18 heavy (non-hydrogen) atoms. The van der Waals surface area contributed by atoms with Gasteiger partial charge in [0.15, 0.2) is 0 Å². The van der Waals surface area contributed by atoms with Gasteiger partial charge in [0, 0.05) is 12.6 Å². The fourth-order valence-electron chi connectivity index (χ4n) is 3.67. The molecule has 1 heteroatoms. The average Bonchev–Trinajstić information content (AvgIpc) is 2.84. The summed E-state index contributed by atoms with van der Waals surface area (Å²) < 4.78 is 0. The van der Waals surface area contributed by atoms with Gasteiger partial charge in [-0.05, 0) is 48.6 Å². The summed E-state index contributed by atoms with van der Waals surface area (Å²) in [5, 5.41) is 3.84. The lowest BCUT2D eigenvalue weighted by molar-refractivity contribution is 0.289. The molecule has 0 radical (unpaired) electrons. The van der Waals surface area contributed by atoms with Crippen LogP contribution in [-0.2, 0) is 12.8 Å². The van der Waals surface area contributed by atoms with Crippen LogP contribution in [0.5, 0.6) is 0 Å². The standard InChI is InChI=1S/C17H25N/c1-17(10-4-5-11-17)13-18-16-9-8-14-6-2-3-7-15(14)12-16/h2-3,6-7,16,18H,4-5,8-13H2,1H3. The van der Waals surface area contributed by atoms with Gasteiger partial charge in [-0.3, -0.25) is 0 Å². The number of aryl methyl sites for hydroxylation is 1. The van der Waals surface area contributed by atoms with Crippen molar-refractivity contribution in [1.29, 1.82) is 0 Å². The molecule has 1 saturated carbocycles. The molecule has 1 N–H and O–H groups in total. The van der Waals surface area contributed by atoms with Gasteiger partial charge in [-0.2, -0.15) is 0 Å². The fourth-order valence-corrected chi connectivity index (χ4v) is 3.67. The van der Waals surface area contributed by atoms with Crippen molar-refractivity contribution in [3.8, 4) is 0 Å². The zero-order chi connectivity index (χ0) is 12.4. The maximum Gasteiger partial charge on any atom is 0.0111 e. The largest absolute Gasteiger partial charge is 0.313 e. The van der Waals surface area contributed by atoms with Gasteiger partial charge in [-0.15, -0.1) is 0 Å². The fraction of sp³-hybridized carbons (Fsp3) is 0.647. The first-order valence-electron chi connectivity index (χ1n) is 7.55. The molecule has 0 heterocycles. The number of benzene rings is 1. The highest BCUT2D eigenvalue weighted by atomic mass is 14.9. The van der Waals surface area contributed by atoms with E-state index >= 15 is 0 Å². The van der Waals surface area contributed by atoms with E-state index in [4.69, 9.17) is 0 Å². The zero-order valence-electron chi connectivity index (χ0n) is 11.5. The van der Waals surface area contributed by atoms with Gasteiger partial charge in [0.25, 0.3) is 0 Å². The topological polar surface area (TPSA) is 12.0 Å². The van der Waals surface area contributed by atoms with Crippen molar-refractivity contribution in [2.75, 3.05) is 6.54 Å². The third-order valence-electron chi connectivity index (χ3n) is 4.98. The predicted molar refractivity (Wildman–Crippen MR) is 76.8 cm³/mol. The minimum atomic E-state index is 0.580. The van der Waals surface area contributed by atoms with E-state index in [2.05, 4.69) is 36.5 Å². The molecule has 0 aliphatic heterocycles. The lowest BCUT2D eigenvalue weighted by Crippen LogP contribution is -2.40. The third kappa shape index (κ3) is 2.61. The van der Waals surface area contributed by atoms with Gasteiger partial charge in [0.2, 0.25) is 0 Å². The molecule has 1 atom stereocenters. The highest BCUT2D eigenvalue weighted by Crippen LogP contribution is 2.37. The monoisotopic (exact) mass is 243 g/mol. The van der Waals surface area contributed by atoms with E-state index in [1.165, 1.54) is 51.5 Å². The molecular weight excluding hydrogens is 218 g/mol. The van der Waals surface area contributed by atoms with E-state index in [-0.39, 0.29) is 0 Å². The van der Waals surface area contributed by atoms with Crippen LogP contribution in [0.25, 0.3) is 0 Å². The Morgan fingerprint density at radius 2 is 1.89 bits per heavy atom. The molecule has 1 aromatic rings. The summed E-state index contributed by atoms with van der Waals surface area (Å²) in [4.78, 5) is 0. The van der Waals surface area contributed by atoms with E-state index < -0.39 is 0 Å². The minimum Gasteiger partial charge on any atom is -0.313 e. The molecule has 1 fully saturated rings. The normalized spacial score (nSPS) is 25.9. The number of fused-ring (bicyclic) bond motifs is 1. The summed E-state index contributed by atoms with van der Waals surface area (Å²) in [7, 11) is 0. The van der Waals surface area contributed by atoms with E-state index in [0.717, 1.165) is 0 Å². The van der Waals surface area contributed by atoms with Crippen molar-refractivity contribution in [3.63, 3.8) is 0 Å². The second kappa shape index (κ2) is 5.05. The van der Waals surface area contributed by atoms with Crippen molar-refractivity contribution >= 4 is 0 Å². The van der Waals surface area contributed by atoms with Crippen molar-refractivity contribution < 1.29 is 0 Å². The molecule has 0 bridgehead atoms. The van der Waals surface area contributed by atoms with Crippen LogP contribution in [0.15, 0.2) is 24.3 Å². The number of hydrogen-bond donors (Lipinski definition) is 1. The summed E-state index contributed by atoms with van der Waals surface area (Å²) in [6.45, 7) is 3.68. The van der Waals surface area contributed by atoms with Gasteiger partial charge < -0.3 is 5.32 Å². The maximum atomic E-state index is 3.84. The van der Waals surface area contributed by atoms with Gasteiger partial charge in [-0.1, -0.05) is 44.0 Å². The Morgan fingerprint density at radius 3 is 2.67 bits per heavy atom. The first-order chi connectivity index (χ1) is 8.75. The number of nitrogens with one attached hydrogen (secondary N) is 1. The van der Waals surface area contributed by atoms with Crippen molar-refractivity contribution in [1.82, 2.24) is 5.32 Å². The average molecular weight is 243 g/mol. The molecule has 1 aromatic carbocycles. The van der Waals surface area contributed by atoms with Crippen LogP contribution >= 0.6 is 0 Å². The second-order valence-electron chi connectivity index (χ2n) is 6.61. The van der Waals surface area contributed by atoms with Gasteiger partial charge >= 0.3 is 0 Å². The summed E-state index contributed by atoms with van der Waals surface area (Å²) >= 11 is 0. The Morgan fingerprint density at radius 1 is 1.17 bits per heavy atom. The van der Waals surface area contributed by atoms with Crippen molar-refractivity contribution in [3.05, 3.63) is 35.4 Å². The third-order valence-corrected chi connectivity index (χ3v) is 4.98. The lowest BCUT2D eigenvalue weighted by Gasteiger charge is -2.30. The molecule has 0 saturated heterocycles. The molecule has 0 amide bonds. The van der Waals surface area contributed by atoms with E-state index in [1.54, 1.807) is 11.1 Å². The van der Waals surface area contributed by atoms with Crippen LogP contribution in [-0.4, -0.2) is 12.6 Å². The van der Waals surface area contributed by atoms with Crippen LogP contribution in [0.1, 0.15) is 50.2 Å². The summed E-state index contributed by atoms with van der Waals surface area (Å²) in [5.41, 5.74) is 3.72. The molecule has 2 aliphatic carbocycles. The van der Waals surface area contributed by atoms with Crippen LogP contribution in [0.3, 0.4) is 0 Å². The van der Waals surface area contributed by atoms with Crippen LogP contribution in [0.4, 0.5) is 0 Å². The Balaban J connectivity index is 1.56. The summed E-state index contributed by atoms with van der Waals surface area (Å²) in [5.74, 6) is 0. The SMILES string of the molecule is CC1(CNC2CCc3ccccc3C2)CCCC1. The minimum absolute atomic E-state index is 0.580. The van der Waals surface area contributed by atoms with Crippen LogP contribution < -0.4 is 5.32 Å². The Kier molecular flexibility index (Phi) is 3.43. The van der Waals surface area contributed by atoms with Crippen molar-refractivity contribution in [2.45, 2.75) is 57.9 Å². The number of hydrogen-bond acceptors (Lipinski definition) is 1. The first-order valence-corrected chi connectivity index (χ1v) is 7.55.